The Balaban J connectivity index is 2.50. The van der Waals surface area contributed by atoms with Gasteiger partial charge in [-0.2, -0.15) is 0 Å². The molecule has 0 amide bonds. The predicted molar refractivity (Wildman–Crippen MR) is 67.9 cm³/mol. The molecule has 0 aromatic heterocycles. The summed E-state index contributed by atoms with van der Waals surface area (Å²) >= 11 is 4.85. The molecule has 0 bridgehead atoms. The Kier molecular flexibility index (Phi) is 5.00. The Morgan fingerprint density at radius 1 is 1.47 bits per heavy atom. The SMILES string of the molecule is CC1CCC(C(C)C)C(OCC(N)=S)C1. The van der Waals surface area contributed by atoms with Crippen LogP contribution in [0.2, 0.25) is 0 Å². The van der Waals surface area contributed by atoms with Crippen molar-refractivity contribution in [1.82, 2.24) is 0 Å². The highest BCUT2D eigenvalue weighted by molar-refractivity contribution is 7.80. The molecule has 0 aromatic carbocycles. The molecule has 3 atom stereocenters. The summed E-state index contributed by atoms with van der Waals surface area (Å²) in [5.41, 5.74) is 5.47. The van der Waals surface area contributed by atoms with Crippen LogP contribution in [0.5, 0.6) is 0 Å². The summed E-state index contributed by atoms with van der Waals surface area (Å²) in [6, 6.07) is 0. The Morgan fingerprint density at radius 2 is 2.13 bits per heavy atom. The molecule has 2 N–H and O–H groups in total. The Labute approximate surface area is 98.6 Å². The largest absolute Gasteiger partial charge is 0.391 e. The highest BCUT2D eigenvalue weighted by atomic mass is 32.1. The van der Waals surface area contributed by atoms with Crippen LogP contribution in [0, 0.1) is 17.8 Å². The van der Waals surface area contributed by atoms with Gasteiger partial charge in [-0.3, -0.25) is 0 Å². The lowest BCUT2D eigenvalue weighted by atomic mass is 9.75. The van der Waals surface area contributed by atoms with Crippen LogP contribution >= 0.6 is 12.2 Å². The molecule has 3 heteroatoms. The fourth-order valence-corrected chi connectivity index (χ4v) is 2.56. The van der Waals surface area contributed by atoms with Gasteiger partial charge in [-0.1, -0.05) is 39.4 Å². The van der Waals surface area contributed by atoms with Crippen LogP contribution in [0.25, 0.3) is 0 Å². The summed E-state index contributed by atoms with van der Waals surface area (Å²) in [6.07, 6.45) is 4.12. The van der Waals surface area contributed by atoms with Gasteiger partial charge in [0.1, 0.15) is 0 Å². The number of nitrogens with two attached hydrogens (primary N) is 1. The maximum Gasteiger partial charge on any atom is 0.0989 e. The fourth-order valence-electron chi connectivity index (χ4n) is 2.50. The van der Waals surface area contributed by atoms with Crippen LogP contribution < -0.4 is 5.73 Å². The average Bonchev–Trinajstić information content (AvgIpc) is 2.14. The number of hydrogen-bond donors (Lipinski definition) is 1. The molecule has 15 heavy (non-hydrogen) atoms. The molecule has 1 aliphatic rings. The maximum atomic E-state index is 5.82. The highest BCUT2D eigenvalue weighted by Gasteiger charge is 2.31. The minimum atomic E-state index is 0.357. The summed E-state index contributed by atoms with van der Waals surface area (Å²) in [6.45, 7) is 7.29. The van der Waals surface area contributed by atoms with E-state index in [0.717, 1.165) is 12.3 Å². The van der Waals surface area contributed by atoms with Gasteiger partial charge >= 0.3 is 0 Å². The van der Waals surface area contributed by atoms with Gasteiger partial charge in [0, 0.05) is 0 Å². The summed E-state index contributed by atoms with van der Waals surface area (Å²) in [5, 5.41) is 0. The minimum absolute atomic E-state index is 0.357. The van der Waals surface area contributed by atoms with E-state index in [1.807, 2.05) is 0 Å². The first-order valence-electron chi connectivity index (χ1n) is 5.90. The molecule has 0 heterocycles. The standard InChI is InChI=1S/C12H23NOS/c1-8(2)10-5-4-9(3)6-11(10)14-7-12(13)15/h8-11H,4-7H2,1-3H3,(H2,13,15). The molecule has 1 rings (SSSR count). The van der Waals surface area contributed by atoms with Crippen molar-refractivity contribution in [2.75, 3.05) is 6.61 Å². The molecular formula is C12H23NOS. The highest BCUT2D eigenvalue weighted by Crippen LogP contribution is 2.35. The van der Waals surface area contributed by atoms with Crippen LogP contribution in [-0.2, 0) is 4.74 Å². The van der Waals surface area contributed by atoms with Crippen molar-refractivity contribution in [1.29, 1.82) is 0 Å². The van der Waals surface area contributed by atoms with Crippen LogP contribution in [-0.4, -0.2) is 17.7 Å². The molecule has 0 aliphatic heterocycles. The van der Waals surface area contributed by atoms with Crippen molar-refractivity contribution in [3.05, 3.63) is 0 Å². The van der Waals surface area contributed by atoms with Gasteiger partial charge in [-0.15, -0.1) is 0 Å². The molecule has 3 unspecified atom stereocenters. The molecular weight excluding hydrogens is 206 g/mol. The first-order valence-corrected chi connectivity index (χ1v) is 6.31. The lowest BCUT2D eigenvalue weighted by Gasteiger charge is -2.37. The molecule has 0 spiro atoms. The van der Waals surface area contributed by atoms with Crippen molar-refractivity contribution in [2.45, 2.75) is 46.1 Å². The van der Waals surface area contributed by atoms with Crippen LogP contribution in [0.3, 0.4) is 0 Å². The van der Waals surface area contributed by atoms with Gasteiger partial charge in [0.25, 0.3) is 0 Å². The molecule has 1 saturated carbocycles. The van der Waals surface area contributed by atoms with E-state index in [4.69, 9.17) is 22.7 Å². The molecule has 2 nitrogen and oxygen atoms in total. The minimum Gasteiger partial charge on any atom is -0.391 e. The first kappa shape index (κ1) is 12.9. The Bertz CT molecular complexity index is 218. The molecule has 0 saturated heterocycles. The van der Waals surface area contributed by atoms with E-state index in [1.165, 1.54) is 12.8 Å². The Hall–Kier alpha value is -0.150. The van der Waals surface area contributed by atoms with Gasteiger partial charge in [0.05, 0.1) is 17.7 Å². The van der Waals surface area contributed by atoms with E-state index in [2.05, 4.69) is 20.8 Å². The fraction of sp³-hybridized carbons (Fsp3) is 0.917. The van der Waals surface area contributed by atoms with Crippen molar-refractivity contribution >= 4 is 17.2 Å². The van der Waals surface area contributed by atoms with Gasteiger partial charge in [-0.25, -0.2) is 0 Å². The number of rotatable bonds is 4. The molecule has 0 radical (unpaired) electrons. The monoisotopic (exact) mass is 229 g/mol. The molecule has 1 aliphatic carbocycles. The summed E-state index contributed by atoms with van der Waals surface area (Å²) in [5.74, 6) is 2.14. The second-order valence-corrected chi connectivity index (χ2v) is 5.67. The maximum absolute atomic E-state index is 5.82. The van der Waals surface area contributed by atoms with Gasteiger partial charge in [-0.05, 0) is 30.6 Å². The molecule has 1 fully saturated rings. The third kappa shape index (κ3) is 4.07. The Morgan fingerprint density at radius 3 is 2.67 bits per heavy atom. The number of thiocarbonyl (C=S) groups is 1. The average molecular weight is 229 g/mol. The molecule has 0 aromatic rings. The van der Waals surface area contributed by atoms with Gasteiger partial charge in [0.15, 0.2) is 0 Å². The lowest BCUT2D eigenvalue weighted by molar-refractivity contribution is -0.0217. The third-order valence-corrected chi connectivity index (χ3v) is 3.52. The quantitative estimate of drug-likeness (QED) is 0.753. The van der Waals surface area contributed by atoms with E-state index >= 15 is 0 Å². The number of hydrogen-bond acceptors (Lipinski definition) is 2. The van der Waals surface area contributed by atoms with E-state index in [-0.39, 0.29) is 0 Å². The van der Waals surface area contributed by atoms with Crippen molar-refractivity contribution in [2.24, 2.45) is 23.5 Å². The zero-order chi connectivity index (χ0) is 11.4. The predicted octanol–water partition coefficient (Wildman–Crippen LogP) is 2.75. The first-order chi connectivity index (χ1) is 7.00. The van der Waals surface area contributed by atoms with Crippen molar-refractivity contribution in [3.8, 4) is 0 Å². The zero-order valence-corrected chi connectivity index (χ0v) is 10.8. The number of ether oxygens (including phenoxy) is 1. The second-order valence-electron chi connectivity index (χ2n) is 5.14. The van der Waals surface area contributed by atoms with Crippen molar-refractivity contribution in [3.63, 3.8) is 0 Å². The van der Waals surface area contributed by atoms with Crippen LogP contribution in [0.1, 0.15) is 40.0 Å². The van der Waals surface area contributed by atoms with Gasteiger partial charge < -0.3 is 10.5 Å². The van der Waals surface area contributed by atoms with Crippen molar-refractivity contribution < 1.29 is 4.74 Å². The van der Waals surface area contributed by atoms with E-state index in [9.17, 15) is 0 Å². The summed E-state index contributed by atoms with van der Waals surface area (Å²) < 4.78 is 5.82. The van der Waals surface area contributed by atoms with Gasteiger partial charge in [0.2, 0.25) is 0 Å². The lowest BCUT2D eigenvalue weighted by Crippen LogP contribution is -2.36. The smallest absolute Gasteiger partial charge is 0.0989 e. The summed E-state index contributed by atoms with van der Waals surface area (Å²) in [4.78, 5) is 0.468. The third-order valence-electron chi connectivity index (χ3n) is 3.40. The zero-order valence-electron chi connectivity index (χ0n) is 10.0. The topological polar surface area (TPSA) is 35.2 Å². The van der Waals surface area contributed by atoms with Crippen LogP contribution in [0.4, 0.5) is 0 Å². The van der Waals surface area contributed by atoms with E-state index in [1.54, 1.807) is 0 Å². The molecule has 88 valence electrons. The summed E-state index contributed by atoms with van der Waals surface area (Å²) in [7, 11) is 0. The van der Waals surface area contributed by atoms with E-state index < -0.39 is 0 Å². The van der Waals surface area contributed by atoms with Crippen LogP contribution in [0.15, 0.2) is 0 Å². The van der Waals surface area contributed by atoms with E-state index in [0.29, 0.717) is 29.5 Å². The normalized spacial score (nSPS) is 31.9. The second kappa shape index (κ2) is 5.80.